The molecule has 364 valence electrons. The molecule has 23 heteroatoms. The van der Waals surface area contributed by atoms with E-state index in [1.54, 1.807) is 58.0 Å². The van der Waals surface area contributed by atoms with Crippen molar-refractivity contribution >= 4 is 59.2 Å². The molecule has 0 aliphatic carbocycles. The first-order chi connectivity index (χ1) is 30.6. The standard InChI is InChI=1S/C42H70N12O11/c1-7-24(4)34(41(63)64)54-38(60)30(20-32(44)56)52-37(59)28(16-11-12-18-43)50-39(61)31(22-65-21-27-14-9-8-10-15-27)53-35(57)25(5)48-36(58)29(17-13-19-47-42(45)46)51-40(62)33(23(2)3)49-26(6)55/h8-10,14-15,23-25,28-31,33-34H,7,11-13,16-22,43H2,1-6H3,(H2,44,56)(H,48,58)(H,49,55)(H,50,61)(H,51,62)(H,52,59)(H,53,57)(H,54,60)(H,63,64)(H4,45,46,47)/t24-,25-,28-,29-,30-,31-,33-,34-/m0/s1. The molecule has 0 aromatic heterocycles. The van der Waals surface area contributed by atoms with E-state index in [4.69, 9.17) is 27.7 Å². The third-order valence-electron chi connectivity index (χ3n) is 10.1. The Kier molecular flexibility index (Phi) is 26.1. The first-order valence-corrected chi connectivity index (χ1v) is 21.6. The van der Waals surface area contributed by atoms with E-state index in [1.165, 1.54) is 13.8 Å². The molecule has 0 heterocycles. The van der Waals surface area contributed by atoms with Gasteiger partial charge in [-0.15, -0.1) is 0 Å². The number of nitrogens with two attached hydrogens (primary N) is 4. The number of benzene rings is 1. The fourth-order valence-corrected chi connectivity index (χ4v) is 6.17. The summed E-state index contributed by atoms with van der Waals surface area (Å²) in [6, 6.07) is -0.437. The summed E-state index contributed by atoms with van der Waals surface area (Å²) in [6.45, 7) is 9.27. The molecule has 8 atom stereocenters. The van der Waals surface area contributed by atoms with Crippen molar-refractivity contribution in [3.63, 3.8) is 0 Å². The maximum atomic E-state index is 14.0. The quantitative estimate of drug-likeness (QED) is 0.0208. The van der Waals surface area contributed by atoms with Crippen LogP contribution in [0.25, 0.3) is 0 Å². The molecular formula is C42H70N12O11. The number of aliphatic carboxylic acids is 1. The van der Waals surface area contributed by atoms with Crippen LogP contribution < -0.4 is 60.2 Å². The summed E-state index contributed by atoms with van der Waals surface area (Å²) >= 11 is 0. The van der Waals surface area contributed by atoms with Gasteiger partial charge in [-0.25, -0.2) is 4.79 Å². The minimum Gasteiger partial charge on any atom is -0.480 e. The number of carboxylic acids is 1. The zero-order valence-electron chi connectivity index (χ0n) is 38.1. The van der Waals surface area contributed by atoms with E-state index in [-0.39, 0.29) is 50.8 Å². The number of amides is 8. The summed E-state index contributed by atoms with van der Waals surface area (Å²) in [5.74, 6) is -8.91. The maximum absolute atomic E-state index is 14.0. The normalized spacial score (nSPS) is 14.6. The highest BCUT2D eigenvalue weighted by Crippen LogP contribution is 2.11. The van der Waals surface area contributed by atoms with E-state index in [1.807, 2.05) is 0 Å². The highest BCUT2D eigenvalue weighted by molar-refractivity contribution is 5.98. The molecule has 8 amide bonds. The van der Waals surface area contributed by atoms with Crippen LogP contribution in [-0.4, -0.2) is 126 Å². The smallest absolute Gasteiger partial charge is 0.326 e. The highest BCUT2D eigenvalue weighted by atomic mass is 16.5. The summed E-state index contributed by atoms with van der Waals surface area (Å²) < 4.78 is 5.81. The lowest BCUT2D eigenvalue weighted by Crippen LogP contribution is -2.60. The van der Waals surface area contributed by atoms with Gasteiger partial charge in [0, 0.05) is 13.5 Å². The van der Waals surface area contributed by atoms with E-state index >= 15 is 0 Å². The average molecular weight is 919 g/mol. The average Bonchev–Trinajstić information content (AvgIpc) is 3.23. The SMILES string of the molecule is CC[C@H](C)[C@H](NC(=O)[C@H](CC(N)=O)NC(=O)[C@H](CCCCN)NC(=O)[C@H](COCc1ccccc1)NC(=O)[C@H](C)NC(=O)[C@H](CCCN=C(N)N)NC(=O)[C@@H](NC(C)=O)C(C)C)C(=O)O. The molecule has 0 aliphatic heterocycles. The van der Waals surface area contributed by atoms with Gasteiger partial charge in [0.2, 0.25) is 47.3 Å². The van der Waals surface area contributed by atoms with Crippen molar-refractivity contribution in [2.75, 3.05) is 19.7 Å². The molecule has 1 aromatic carbocycles. The molecule has 0 fully saturated rings. The van der Waals surface area contributed by atoms with Crippen molar-refractivity contribution in [1.82, 2.24) is 37.2 Å². The number of ether oxygens (including phenoxy) is 1. The molecule has 0 saturated heterocycles. The second kappa shape index (κ2) is 29.9. The van der Waals surface area contributed by atoms with E-state index in [9.17, 15) is 48.3 Å². The Hall–Kier alpha value is -6.36. The van der Waals surface area contributed by atoms with Gasteiger partial charge in [0.1, 0.15) is 42.3 Å². The van der Waals surface area contributed by atoms with Crippen LogP contribution >= 0.6 is 0 Å². The first-order valence-electron chi connectivity index (χ1n) is 21.6. The highest BCUT2D eigenvalue weighted by Gasteiger charge is 2.35. The van der Waals surface area contributed by atoms with Crippen molar-refractivity contribution in [1.29, 1.82) is 0 Å². The topological polar surface area (TPSA) is 384 Å². The van der Waals surface area contributed by atoms with Crippen molar-refractivity contribution in [2.45, 2.75) is 135 Å². The molecule has 23 nitrogen and oxygen atoms in total. The van der Waals surface area contributed by atoms with Gasteiger partial charge in [-0.1, -0.05) is 64.4 Å². The zero-order valence-corrected chi connectivity index (χ0v) is 38.1. The number of aliphatic imine (C=N–C) groups is 1. The second-order valence-electron chi connectivity index (χ2n) is 16.0. The molecule has 0 saturated carbocycles. The zero-order chi connectivity index (χ0) is 49.2. The summed E-state index contributed by atoms with van der Waals surface area (Å²) in [5.41, 5.74) is 22.7. The third-order valence-corrected chi connectivity index (χ3v) is 10.1. The molecule has 0 unspecified atom stereocenters. The Balaban J connectivity index is 3.42. The number of carbonyl (C=O) groups is 9. The Bertz CT molecular complexity index is 1780. The van der Waals surface area contributed by atoms with Crippen LogP contribution in [0.1, 0.15) is 92.1 Å². The van der Waals surface area contributed by atoms with Crippen LogP contribution in [0, 0.1) is 11.8 Å². The van der Waals surface area contributed by atoms with Crippen LogP contribution in [-0.2, 0) is 54.5 Å². The lowest BCUT2D eigenvalue weighted by Gasteiger charge is -2.27. The molecule has 1 rings (SSSR count). The summed E-state index contributed by atoms with van der Waals surface area (Å²) in [6.07, 6.45) is 0.679. The minimum atomic E-state index is -1.62. The number of guanidine groups is 1. The molecule has 16 N–H and O–H groups in total. The van der Waals surface area contributed by atoms with Gasteiger partial charge in [0.15, 0.2) is 5.96 Å². The van der Waals surface area contributed by atoms with Gasteiger partial charge in [-0.3, -0.25) is 43.3 Å². The molecule has 0 bridgehead atoms. The number of nitrogens with one attached hydrogen (secondary N) is 7. The predicted octanol–water partition coefficient (Wildman–Crippen LogP) is -2.52. The molecule has 65 heavy (non-hydrogen) atoms. The number of rotatable bonds is 31. The molecule has 0 radical (unpaired) electrons. The Labute approximate surface area is 379 Å². The van der Waals surface area contributed by atoms with Gasteiger partial charge in [0.25, 0.3) is 0 Å². The van der Waals surface area contributed by atoms with Gasteiger partial charge in [0.05, 0.1) is 19.6 Å². The Morgan fingerprint density at radius 1 is 0.662 bits per heavy atom. The predicted molar refractivity (Wildman–Crippen MR) is 240 cm³/mol. The number of primary amides is 1. The second-order valence-corrected chi connectivity index (χ2v) is 16.0. The maximum Gasteiger partial charge on any atom is 0.326 e. The van der Waals surface area contributed by atoms with Crippen LogP contribution in [0.3, 0.4) is 0 Å². The number of nitrogens with zero attached hydrogens (tertiary/aromatic N) is 1. The number of unbranched alkanes of at least 4 members (excludes halogenated alkanes) is 1. The number of hydrogen-bond donors (Lipinski definition) is 12. The van der Waals surface area contributed by atoms with Crippen molar-refractivity contribution in [3.05, 3.63) is 35.9 Å². The van der Waals surface area contributed by atoms with Gasteiger partial charge < -0.3 is 70.0 Å². The summed E-state index contributed by atoms with van der Waals surface area (Å²) in [7, 11) is 0. The number of carboxylic acid groups (broad SMARTS) is 1. The molecule has 0 spiro atoms. The molecule has 0 aliphatic rings. The van der Waals surface area contributed by atoms with Crippen LogP contribution in [0.4, 0.5) is 0 Å². The van der Waals surface area contributed by atoms with Gasteiger partial charge in [-0.05, 0) is 63.0 Å². The van der Waals surface area contributed by atoms with Crippen LogP contribution in [0.5, 0.6) is 0 Å². The van der Waals surface area contributed by atoms with E-state index in [0.29, 0.717) is 19.3 Å². The molecular weight excluding hydrogens is 849 g/mol. The lowest BCUT2D eigenvalue weighted by atomic mass is 9.98. The fourth-order valence-electron chi connectivity index (χ4n) is 6.17. The number of hydrogen-bond acceptors (Lipinski definition) is 12. The monoisotopic (exact) mass is 919 g/mol. The van der Waals surface area contributed by atoms with E-state index in [2.05, 4.69) is 42.2 Å². The number of carbonyl (C=O) groups excluding carboxylic acids is 8. The summed E-state index contributed by atoms with van der Waals surface area (Å²) in [4.78, 5) is 121. The largest absolute Gasteiger partial charge is 0.480 e. The van der Waals surface area contributed by atoms with Crippen molar-refractivity contribution < 1.29 is 53.0 Å². The van der Waals surface area contributed by atoms with Crippen LogP contribution in [0.2, 0.25) is 0 Å². The molecule has 1 aromatic rings. The Morgan fingerprint density at radius 3 is 1.74 bits per heavy atom. The minimum absolute atomic E-state index is 0.0157. The van der Waals surface area contributed by atoms with E-state index in [0.717, 1.165) is 5.56 Å². The van der Waals surface area contributed by atoms with E-state index < -0.39 is 114 Å². The van der Waals surface area contributed by atoms with Crippen molar-refractivity contribution in [3.8, 4) is 0 Å². The fraction of sp³-hybridized carbons (Fsp3) is 0.619. The lowest BCUT2D eigenvalue weighted by molar-refractivity contribution is -0.144. The first kappa shape index (κ1) is 56.7. The van der Waals surface area contributed by atoms with Crippen molar-refractivity contribution in [2.24, 2.45) is 39.8 Å². The van der Waals surface area contributed by atoms with Gasteiger partial charge >= 0.3 is 5.97 Å². The Morgan fingerprint density at radius 2 is 1.20 bits per heavy atom. The van der Waals surface area contributed by atoms with Gasteiger partial charge in [-0.2, -0.15) is 0 Å². The van der Waals surface area contributed by atoms with Crippen LogP contribution in [0.15, 0.2) is 35.3 Å². The summed E-state index contributed by atoms with van der Waals surface area (Å²) in [5, 5.41) is 27.3. The third kappa shape index (κ3) is 22.2.